The fraction of sp³-hybridized carbons (Fsp3) is 0.308. The van der Waals surface area contributed by atoms with E-state index < -0.39 is 0 Å². The number of aryl methyl sites for hydroxylation is 1. The summed E-state index contributed by atoms with van der Waals surface area (Å²) >= 11 is 4.95. The van der Waals surface area contributed by atoms with Crippen LogP contribution in [0.25, 0.3) is 0 Å². The van der Waals surface area contributed by atoms with Crippen LogP contribution in [0.1, 0.15) is 12.0 Å². The molecule has 2 heterocycles. The van der Waals surface area contributed by atoms with Crippen LogP contribution in [0.5, 0.6) is 0 Å². The third kappa shape index (κ3) is 3.75. The fourth-order valence-electron chi connectivity index (χ4n) is 1.87. The number of nitrogens with zero attached hydrogens (tertiary/aromatic N) is 4. The number of aromatic nitrogens is 3. The minimum Gasteiger partial charge on any atom is -0.393 e. The molecule has 2 rings (SSSR count). The number of hydrogen-bond donors (Lipinski definition) is 1. The third-order valence-corrected chi connectivity index (χ3v) is 3.01. The van der Waals surface area contributed by atoms with Gasteiger partial charge in [-0.05, 0) is 11.6 Å². The van der Waals surface area contributed by atoms with Gasteiger partial charge in [0.15, 0.2) is 0 Å². The molecule has 0 aliphatic rings. The van der Waals surface area contributed by atoms with Crippen molar-refractivity contribution in [3.05, 3.63) is 42.5 Å². The van der Waals surface area contributed by atoms with Gasteiger partial charge >= 0.3 is 0 Å². The highest BCUT2D eigenvalue weighted by Gasteiger charge is 2.12. The predicted molar refractivity (Wildman–Crippen MR) is 79.9 cm³/mol. The first-order valence-electron chi connectivity index (χ1n) is 6.06. The molecule has 0 aromatic carbocycles. The molecular formula is C13H17N5S. The second-order valence-electron chi connectivity index (χ2n) is 4.34. The molecule has 2 aromatic rings. The Morgan fingerprint density at radius 2 is 2.32 bits per heavy atom. The summed E-state index contributed by atoms with van der Waals surface area (Å²) in [5.41, 5.74) is 6.72. The first kappa shape index (κ1) is 13.5. The molecule has 0 saturated heterocycles. The third-order valence-electron chi connectivity index (χ3n) is 2.80. The Hall–Kier alpha value is -1.95. The highest BCUT2D eigenvalue weighted by atomic mass is 32.1. The molecule has 0 atom stereocenters. The number of rotatable bonds is 6. The van der Waals surface area contributed by atoms with Crippen LogP contribution in [0, 0.1) is 0 Å². The van der Waals surface area contributed by atoms with Gasteiger partial charge in [-0.25, -0.2) is 4.98 Å². The number of thiocarbonyl (C=S) groups is 1. The average Bonchev–Trinajstić information content (AvgIpc) is 2.82. The molecule has 0 amide bonds. The van der Waals surface area contributed by atoms with E-state index in [1.165, 1.54) is 0 Å². The molecule has 0 unspecified atom stereocenters. The van der Waals surface area contributed by atoms with E-state index in [1.807, 2.05) is 36.1 Å². The van der Waals surface area contributed by atoms with Crippen molar-refractivity contribution in [2.75, 3.05) is 11.4 Å². The number of nitrogens with two attached hydrogens (primary N) is 1. The minimum atomic E-state index is 0.519. The summed E-state index contributed by atoms with van der Waals surface area (Å²) in [7, 11) is 1.97. The zero-order chi connectivity index (χ0) is 13.7. The van der Waals surface area contributed by atoms with Gasteiger partial charge in [0, 0.05) is 51.3 Å². The van der Waals surface area contributed by atoms with E-state index in [-0.39, 0.29) is 0 Å². The van der Waals surface area contributed by atoms with E-state index in [2.05, 4.69) is 14.9 Å². The van der Waals surface area contributed by atoms with Crippen molar-refractivity contribution >= 4 is 23.2 Å². The molecule has 0 spiro atoms. The van der Waals surface area contributed by atoms with Crippen LogP contribution in [0.3, 0.4) is 0 Å². The quantitative estimate of drug-likeness (QED) is 0.810. The van der Waals surface area contributed by atoms with Crippen molar-refractivity contribution in [1.29, 1.82) is 0 Å². The fourth-order valence-corrected chi connectivity index (χ4v) is 1.96. The van der Waals surface area contributed by atoms with Crippen molar-refractivity contribution in [3.63, 3.8) is 0 Å². The lowest BCUT2D eigenvalue weighted by Crippen LogP contribution is -2.29. The van der Waals surface area contributed by atoms with E-state index in [9.17, 15) is 0 Å². The lowest BCUT2D eigenvalue weighted by atomic mass is 10.2. The Bertz CT molecular complexity index is 537. The molecule has 2 aromatic heterocycles. The highest BCUT2D eigenvalue weighted by molar-refractivity contribution is 7.80. The van der Waals surface area contributed by atoms with Crippen molar-refractivity contribution in [3.8, 4) is 0 Å². The maximum atomic E-state index is 5.59. The summed E-state index contributed by atoms with van der Waals surface area (Å²) in [6.45, 7) is 1.48. The molecular weight excluding hydrogens is 258 g/mol. The molecule has 0 aliphatic heterocycles. The Morgan fingerprint density at radius 1 is 1.47 bits per heavy atom. The van der Waals surface area contributed by atoms with Crippen LogP contribution >= 0.6 is 12.2 Å². The Labute approximate surface area is 118 Å². The van der Waals surface area contributed by atoms with Crippen LogP contribution in [-0.4, -0.2) is 26.1 Å². The van der Waals surface area contributed by atoms with Gasteiger partial charge in [0.05, 0.1) is 4.99 Å². The number of imidazole rings is 1. The Balaban J connectivity index is 2.15. The smallest absolute Gasteiger partial charge is 0.205 e. The van der Waals surface area contributed by atoms with Crippen LogP contribution in [-0.2, 0) is 13.6 Å². The van der Waals surface area contributed by atoms with Crippen molar-refractivity contribution in [2.24, 2.45) is 12.8 Å². The predicted octanol–water partition coefficient (Wildman–Crippen LogP) is 1.50. The highest BCUT2D eigenvalue weighted by Crippen LogP contribution is 2.14. The van der Waals surface area contributed by atoms with Gasteiger partial charge in [-0.2, -0.15) is 0 Å². The van der Waals surface area contributed by atoms with Crippen LogP contribution < -0.4 is 10.6 Å². The second kappa shape index (κ2) is 6.29. The first-order valence-corrected chi connectivity index (χ1v) is 6.47. The summed E-state index contributed by atoms with van der Waals surface area (Å²) in [6.07, 6.45) is 8.00. The summed E-state index contributed by atoms with van der Waals surface area (Å²) in [4.78, 5) is 11.2. The van der Waals surface area contributed by atoms with Crippen LogP contribution in [0.15, 0.2) is 36.9 Å². The van der Waals surface area contributed by atoms with Crippen molar-refractivity contribution in [2.45, 2.75) is 13.0 Å². The van der Waals surface area contributed by atoms with Crippen molar-refractivity contribution in [1.82, 2.24) is 14.5 Å². The van der Waals surface area contributed by atoms with E-state index in [4.69, 9.17) is 18.0 Å². The van der Waals surface area contributed by atoms with Gasteiger partial charge in [-0.3, -0.25) is 4.98 Å². The maximum Gasteiger partial charge on any atom is 0.205 e. The molecule has 0 aliphatic carbocycles. The van der Waals surface area contributed by atoms with Gasteiger partial charge in [0.2, 0.25) is 5.95 Å². The normalized spacial score (nSPS) is 10.4. The molecule has 6 heteroatoms. The summed E-state index contributed by atoms with van der Waals surface area (Å²) in [5, 5.41) is 0. The summed E-state index contributed by atoms with van der Waals surface area (Å²) in [5.74, 6) is 0.903. The van der Waals surface area contributed by atoms with Gasteiger partial charge in [-0.1, -0.05) is 18.3 Å². The first-order chi connectivity index (χ1) is 9.16. The van der Waals surface area contributed by atoms with E-state index in [1.54, 1.807) is 12.4 Å². The van der Waals surface area contributed by atoms with Gasteiger partial charge < -0.3 is 15.2 Å². The lowest BCUT2D eigenvalue weighted by molar-refractivity contribution is 0.737. The van der Waals surface area contributed by atoms with Gasteiger partial charge in [0.1, 0.15) is 0 Å². The molecule has 100 valence electrons. The number of anilines is 1. The van der Waals surface area contributed by atoms with E-state index >= 15 is 0 Å². The maximum absolute atomic E-state index is 5.59. The molecule has 2 N–H and O–H groups in total. The standard InChI is InChI=1S/C13H17N5S/c1-17-8-6-16-13(17)18(7-4-12(14)19)10-11-3-2-5-15-9-11/h2-3,5-6,8-9H,4,7,10H2,1H3,(H2,14,19). The Kier molecular flexibility index (Phi) is 4.46. The number of pyridine rings is 1. The van der Waals surface area contributed by atoms with Crippen LogP contribution in [0.2, 0.25) is 0 Å². The zero-order valence-corrected chi connectivity index (χ0v) is 11.7. The molecule has 5 nitrogen and oxygen atoms in total. The SMILES string of the molecule is Cn1ccnc1N(CCC(N)=S)Cc1cccnc1. The molecule has 19 heavy (non-hydrogen) atoms. The van der Waals surface area contributed by atoms with Crippen LogP contribution in [0.4, 0.5) is 5.95 Å². The largest absolute Gasteiger partial charge is 0.393 e. The van der Waals surface area contributed by atoms with Gasteiger partial charge in [0.25, 0.3) is 0 Å². The molecule has 0 radical (unpaired) electrons. The van der Waals surface area contributed by atoms with Crippen molar-refractivity contribution < 1.29 is 0 Å². The van der Waals surface area contributed by atoms with E-state index in [0.717, 1.165) is 24.6 Å². The monoisotopic (exact) mass is 275 g/mol. The lowest BCUT2D eigenvalue weighted by Gasteiger charge is -2.23. The summed E-state index contributed by atoms with van der Waals surface area (Å²) in [6, 6.07) is 3.98. The minimum absolute atomic E-state index is 0.519. The molecule has 0 bridgehead atoms. The molecule has 0 saturated carbocycles. The topological polar surface area (TPSA) is 60.0 Å². The van der Waals surface area contributed by atoms with E-state index in [0.29, 0.717) is 11.4 Å². The molecule has 0 fully saturated rings. The average molecular weight is 275 g/mol. The number of hydrogen-bond acceptors (Lipinski definition) is 4. The van der Waals surface area contributed by atoms with Gasteiger partial charge in [-0.15, -0.1) is 0 Å². The summed E-state index contributed by atoms with van der Waals surface area (Å²) < 4.78 is 1.98. The second-order valence-corrected chi connectivity index (χ2v) is 4.86. The zero-order valence-electron chi connectivity index (χ0n) is 10.9. The Morgan fingerprint density at radius 3 is 2.89 bits per heavy atom.